The van der Waals surface area contributed by atoms with Crippen molar-refractivity contribution in [3.8, 4) is 0 Å². The van der Waals surface area contributed by atoms with E-state index in [9.17, 15) is 21.6 Å². The number of carbonyl (C=O) groups is 1. The minimum atomic E-state index is -5.08. The second kappa shape index (κ2) is 6.90. The Kier molecular flexibility index (Phi) is 6.57. The molecule has 0 unspecified atom stereocenters. The Morgan fingerprint density at radius 1 is 1.28 bits per heavy atom. The molecule has 3 N–H and O–H groups in total. The van der Waals surface area contributed by atoms with Crippen LogP contribution in [-0.2, 0) is 14.9 Å². The monoisotopic (exact) mass is 293 g/mol. The molecule has 0 aromatic heterocycles. The molecule has 18 heavy (non-hydrogen) atoms. The third-order valence-corrected chi connectivity index (χ3v) is 3.04. The zero-order chi connectivity index (χ0) is 14.4. The Morgan fingerprint density at radius 3 is 1.94 bits per heavy atom. The fourth-order valence-corrected chi connectivity index (χ4v) is 2.28. The summed E-state index contributed by atoms with van der Waals surface area (Å²) in [6, 6.07) is 0. The molecule has 1 fully saturated rings. The van der Waals surface area contributed by atoms with Crippen molar-refractivity contribution >= 4 is 16.1 Å². The SMILES string of the molecule is O=C(O)C(F)(F)F.O=S(=O)(O)CC1CCNCC1. The highest BCUT2D eigenvalue weighted by molar-refractivity contribution is 7.85. The van der Waals surface area contributed by atoms with Crippen LogP contribution in [0, 0.1) is 5.92 Å². The minimum Gasteiger partial charge on any atom is -0.475 e. The van der Waals surface area contributed by atoms with Gasteiger partial charge < -0.3 is 10.4 Å². The molecular formula is C8H14F3NO5S. The number of rotatable bonds is 2. The molecule has 10 heteroatoms. The first-order valence-corrected chi connectivity index (χ1v) is 6.59. The van der Waals surface area contributed by atoms with Crippen LogP contribution in [0.2, 0.25) is 0 Å². The van der Waals surface area contributed by atoms with Gasteiger partial charge in [0.2, 0.25) is 0 Å². The molecule has 0 bridgehead atoms. The van der Waals surface area contributed by atoms with Crippen LogP contribution in [0.3, 0.4) is 0 Å². The van der Waals surface area contributed by atoms with E-state index in [1.807, 2.05) is 0 Å². The van der Waals surface area contributed by atoms with Gasteiger partial charge in [0, 0.05) is 0 Å². The summed E-state index contributed by atoms with van der Waals surface area (Å²) < 4.78 is 61.1. The van der Waals surface area contributed by atoms with Crippen molar-refractivity contribution < 1.29 is 36.0 Å². The molecular weight excluding hydrogens is 279 g/mol. The van der Waals surface area contributed by atoms with Crippen molar-refractivity contribution in [2.24, 2.45) is 5.92 Å². The van der Waals surface area contributed by atoms with Crippen LogP contribution >= 0.6 is 0 Å². The fraction of sp³-hybridized carbons (Fsp3) is 0.875. The lowest BCUT2D eigenvalue weighted by molar-refractivity contribution is -0.192. The molecule has 0 spiro atoms. The van der Waals surface area contributed by atoms with Crippen molar-refractivity contribution in [1.82, 2.24) is 5.32 Å². The first kappa shape index (κ1) is 17.1. The normalized spacial score (nSPS) is 17.8. The van der Waals surface area contributed by atoms with E-state index >= 15 is 0 Å². The maximum absolute atomic E-state index is 10.6. The summed E-state index contributed by atoms with van der Waals surface area (Å²) in [7, 11) is -3.75. The Hall–Kier alpha value is -0.870. The number of carboxylic acids is 1. The molecule has 1 rings (SSSR count). The maximum atomic E-state index is 10.6. The summed E-state index contributed by atoms with van der Waals surface area (Å²) in [4.78, 5) is 8.90. The lowest BCUT2D eigenvalue weighted by atomic mass is 10.0. The highest BCUT2D eigenvalue weighted by Crippen LogP contribution is 2.13. The Morgan fingerprint density at radius 2 is 1.67 bits per heavy atom. The molecule has 0 amide bonds. The van der Waals surface area contributed by atoms with Gasteiger partial charge in [-0.3, -0.25) is 4.55 Å². The average molecular weight is 293 g/mol. The second-order valence-electron chi connectivity index (χ2n) is 3.74. The second-order valence-corrected chi connectivity index (χ2v) is 5.24. The van der Waals surface area contributed by atoms with Gasteiger partial charge in [-0.25, -0.2) is 4.79 Å². The van der Waals surface area contributed by atoms with Gasteiger partial charge in [0.15, 0.2) is 0 Å². The predicted octanol–water partition coefficient (Wildman–Crippen LogP) is 0.507. The van der Waals surface area contributed by atoms with Gasteiger partial charge in [-0.2, -0.15) is 21.6 Å². The summed E-state index contributed by atoms with van der Waals surface area (Å²) in [5, 5.41) is 10.2. The smallest absolute Gasteiger partial charge is 0.475 e. The van der Waals surface area contributed by atoms with Crippen LogP contribution in [0.4, 0.5) is 13.2 Å². The van der Waals surface area contributed by atoms with Gasteiger partial charge in [0.1, 0.15) is 0 Å². The first-order chi connectivity index (χ1) is 8.02. The van der Waals surface area contributed by atoms with Crippen LogP contribution in [-0.4, -0.2) is 49.1 Å². The Labute approximate surface area is 102 Å². The van der Waals surface area contributed by atoms with E-state index in [2.05, 4.69) is 5.32 Å². The third kappa shape index (κ3) is 9.19. The van der Waals surface area contributed by atoms with E-state index < -0.39 is 22.3 Å². The molecule has 0 atom stereocenters. The van der Waals surface area contributed by atoms with Crippen molar-refractivity contribution in [2.75, 3.05) is 18.8 Å². The number of hydrogen-bond donors (Lipinski definition) is 3. The standard InChI is InChI=1S/C6H13NO3S.C2HF3O2/c8-11(9,10)5-6-1-3-7-4-2-6;3-2(4,5)1(6)7/h6-7H,1-5H2,(H,8,9,10);(H,6,7). The largest absolute Gasteiger partial charge is 0.490 e. The van der Waals surface area contributed by atoms with Crippen molar-refractivity contribution in [3.63, 3.8) is 0 Å². The molecule has 1 aliphatic rings. The van der Waals surface area contributed by atoms with Crippen molar-refractivity contribution in [1.29, 1.82) is 0 Å². The number of carboxylic acid groups (broad SMARTS) is 1. The van der Waals surface area contributed by atoms with Crippen LogP contribution in [0.1, 0.15) is 12.8 Å². The van der Waals surface area contributed by atoms with Crippen LogP contribution in [0.5, 0.6) is 0 Å². The van der Waals surface area contributed by atoms with E-state index in [0.29, 0.717) is 0 Å². The molecule has 0 aromatic carbocycles. The van der Waals surface area contributed by atoms with Gasteiger partial charge in [-0.1, -0.05) is 0 Å². The number of hydrogen-bond acceptors (Lipinski definition) is 4. The van der Waals surface area contributed by atoms with E-state index in [0.717, 1.165) is 25.9 Å². The van der Waals surface area contributed by atoms with Crippen LogP contribution < -0.4 is 5.32 Å². The topological polar surface area (TPSA) is 104 Å². The van der Waals surface area contributed by atoms with Crippen LogP contribution in [0.15, 0.2) is 0 Å². The van der Waals surface area contributed by atoms with Crippen molar-refractivity contribution in [2.45, 2.75) is 19.0 Å². The molecule has 0 aromatic rings. The van der Waals surface area contributed by atoms with E-state index in [4.69, 9.17) is 14.5 Å². The first-order valence-electron chi connectivity index (χ1n) is 4.98. The lowest BCUT2D eigenvalue weighted by Crippen LogP contribution is -2.31. The van der Waals surface area contributed by atoms with Gasteiger partial charge in [-0.15, -0.1) is 0 Å². The summed E-state index contributed by atoms with van der Waals surface area (Å²) >= 11 is 0. The maximum Gasteiger partial charge on any atom is 0.490 e. The van der Waals surface area contributed by atoms with Crippen LogP contribution in [0.25, 0.3) is 0 Å². The molecule has 0 radical (unpaired) electrons. The van der Waals surface area contributed by atoms with Gasteiger partial charge in [0.25, 0.3) is 10.1 Å². The summed E-state index contributed by atoms with van der Waals surface area (Å²) in [6.45, 7) is 1.72. The Bertz CT molecular complexity index is 361. The minimum absolute atomic E-state index is 0.0747. The van der Waals surface area contributed by atoms with E-state index in [-0.39, 0.29) is 11.7 Å². The quantitative estimate of drug-likeness (QED) is 0.641. The summed E-state index contributed by atoms with van der Waals surface area (Å²) in [5.41, 5.74) is 0. The molecule has 1 aliphatic heterocycles. The van der Waals surface area contributed by atoms with E-state index in [1.165, 1.54) is 0 Å². The number of piperidine rings is 1. The molecule has 1 saturated heterocycles. The number of nitrogens with one attached hydrogen (secondary N) is 1. The number of alkyl halides is 3. The highest BCUT2D eigenvalue weighted by Gasteiger charge is 2.38. The van der Waals surface area contributed by atoms with Gasteiger partial charge in [0.05, 0.1) is 5.75 Å². The Balaban J connectivity index is 0.000000360. The summed E-state index contributed by atoms with van der Waals surface area (Å²) in [5.74, 6) is -2.69. The number of halogens is 3. The average Bonchev–Trinajstić information content (AvgIpc) is 2.15. The molecule has 1 heterocycles. The lowest BCUT2D eigenvalue weighted by Gasteiger charge is -2.20. The molecule has 108 valence electrons. The zero-order valence-corrected chi connectivity index (χ0v) is 10.1. The van der Waals surface area contributed by atoms with Gasteiger partial charge in [-0.05, 0) is 31.8 Å². The third-order valence-electron chi connectivity index (χ3n) is 2.15. The predicted molar refractivity (Wildman–Crippen MR) is 55.7 cm³/mol. The number of aliphatic carboxylic acids is 1. The summed E-state index contributed by atoms with van der Waals surface area (Å²) in [6.07, 6.45) is -3.39. The molecule has 6 nitrogen and oxygen atoms in total. The molecule has 0 saturated carbocycles. The fourth-order valence-electron chi connectivity index (χ4n) is 1.35. The highest BCUT2D eigenvalue weighted by atomic mass is 32.2. The molecule has 0 aliphatic carbocycles. The van der Waals surface area contributed by atoms with Crippen molar-refractivity contribution in [3.05, 3.63) is 0 Å². The zero-order valence-electron chi connectivity index (χ0n) is 9.27. The van der Waals surface area contributed by atoms with Gasteiger partial charge >= 0.3 is 12.1 Å². The van der Waals surface area contributed by atoms with E-state index in [1.54, 1.807) is 0 Å².